The molecule has 1 aromatic heterocycles. The van der Waals surface area contributed by atoms with Gasteiger partial charge in [0.2, 0.25) is 0 Å². The minimum absolute atomic E-state index is 0.528. The van der Waals surface area contributed by atoms with Crippen LogP contribution in [0, 0.1) is 5.92 Å². The Morgan fingerprint density at radius 3 is 2.43 bits per heavy atom. The summed E-state index contributed by atoms with van der Waals surface area (Å²) < 4.78 is 0. The van der Waals surface area contributed by atoms with Gasteiger partial charge in [-0.2, -0.15) is 0 Å². The summed E-state index contributed by atoms with van der Waals surface area (Å²) in [7, 11) is 2.20. The summed E-state index contributed by atoms with van der Waals surface area (Å²) in [5, 5.41) is 4.75. The summed E-state index contributed by atoms with van der Waals surface area (Å²) in [4.78, 5) is 8.80. The molecule has 1 atom stereocenters. The highest BCUT2D eigenvalue weighted by atomic mass is 32.1. The third-order valence-corrected chi connectivity index (χ3v) is 5.29. The molecule has 0 aliphatic heterocycles. The van der Waals surface area contributed by atoms with E-state index in [2.05, 4.69) is 51.9 Å². The monoisotopic (exact) mass is 309 g/mol. The summed E-state index contributed by atoms with van der Waals surface area (Å²) in [6.07, 6.45) is 3.86. The highest BCUT2D eigenvalue weighted by Gasteiger charge is 2.30. The maximum atomic E-state index is 4.98. The van der Waals surface area contributed by atoms with Crippen molar-refractivity contribution in [2.45, 2.75) is 78.4 Å². The average Bonchev–Trinajstić information content (AvgIpc) is 3.15. The Balaban J connectivity index is 2.10. The minimum atomic E-state index is 0.528. The van der Waals surface area contributed by atoms with Crippen molar-refractivity contribution in [1.29, 1.82) is 0 Å². The Hall–Kier alpha value is -0.610. The molecule has 1 aliphatic carbocycles. The second kappa shape index (κ2) is 7.10. The molecule has 1 heterocycles. The number of aromatic nitrogens is 1. The van der Waals surface area contributed by atoms with Gasteiger partial charge in [0, 0.05) is 36.5 Å². The summed E-state index contributed by atoms with van der Waals surface area (Å²) >= 11 is 1.89. The van der Waals surface area contributed by atoms with Crippen LogP contribution in [0.1, 0.15) is 70.4 Å². The van der Waals surface area contributed by atoms with Gasteiger partial charge in [-0.3, -0.25) is 0 Å². The minimum Gasteiger partial charge on any atom is -0.348 e. The van der Waals surface area contributed by atoms with Crippen LogP contribution in [0.5, 0.6) is 0 Å². The molecule has 0 aromatic carbocycles. The largest absolute Gasteiger partial charge is 0.348 e. The fraction of sp³-hybridized carbons (Fsp3) is 0.824. The fourth-order valence-corrected chi connectivity index (χ4v) is 3.79. The SMILES string of the molecule is CC(C)CC(C)N(C)c1nc(C2CC2)c(CNC(C)C)s1. The van der Waals surface area contributed by atoms with Gasteiger partial charge in [0.25, 0.3) is 0 Å². The lowest BCUT2D eigenvalue weighted by Gasteiger charge is -2.25. The predicted molar refractivity (Wildman–Crippen MR) is 93.4 cm³/mol. The van der Waals surface area contributed by atoms with Crippen LogP contribution in [-0.2, 0) is 6.54 Å². The van der Waals surface area contributed by atoms with Gasteiger partial charge in [-0.15, -0.1) is 11.3 Å². The van der Waals surface area contributed by atoms with Crippen LogP contribution in [0.3, 0.4) is 0 Å². The molecule has 3 nitrogen and oxygen atoms in total. The molecule has 0 radical (unpaired) electrons. The molecule has 0 spiro atoms. The first-order chi connectivity index (χ1) is 9.88. The zero-order chi connectivity index (χ0) is 15.6. The molecular formula is C17H31N3S. The lowest BCUT2D eigenvalue weighted by Crippen LogP contribution is -2.29. The van der Waals surface area contributed by atoms with Gasteiger partial charge < -0.3 is 10.2 Å². The molecule has 1 aliphatic rings. The normalized spacial score (nSPS) is 16.8. The van der Waals surface area contributed by atoms with E-state index in [4.69, 9.17) is 4.98 Å². The van der Waals surface area contributed by atoms with E-state index in [1.807, 2.05) is 11.3 Å². The third kappa shape index (κ3) is 4.68. The number of thiazole rings is 1. The number of nitrogens with one attached hydrogen (secondary N) is 1. The second-order valence-electron chi connectivity index (χ2n) is 7.20. The standard InChI is InChI=1S/C17H31N3S/c1-11(2)9-13(5)20(6)17-19-16(14-7-8-14)15(21-17)10-18-12(3)4/h11-14,18H,7-10H2,1-6H3. The number of hydrogen-bond acceptors (Lipinski definition) is 4. The Morgan fingerprint density at radius 1 is 1.24 bits per heavy atom. The van der Waals surface area contributed by atoms with Gasteiger partial charge >= 0.3 is 0 Å². The van der Waals surface area contributed by atoms with Crippen LogP contribution in [-0.4, -0.2) is 24.1 Å². The fourth-order valence-electron chi connectivity index (χ4n) is 2.63. The zero-order valence-electron chi connectivity index (χ0n) is 14.4. The number of hydrogen-bond donors (Lipinski definition) is 1. The Bertz CT molecular complexity index is 449. The maximum absolute atomic E-state index is 4.98. The van der Waals surface area contributed by atoms with Crippen molar-refractivity contribution in [3.8, 4) is 0 Å². The van der Waals surface area contributed by atoms with Crippen molar-refractivity contribution in [1.82, 2.24) is 10.3 Å². The summed E-state index contributed by atoms with van der Waals surface area (Å²) in [5.41, 5.74) is 1.37. The Kier molecular flexibility index (Phi) is 5.67. The summed E-state index contributed by atoms with van der Waals surface area (Å²) in [6, 6.07) is 1.08. The predicted octanol–water partition coefficient (Wildman–Crippen LogP) is 4.39. The molecule has 1 fully saturated rings. The molecule has 1 unspecified atom stereocenters. The number of anilines is 1. The first-order valence-corrected chi connectivity index (χ1v) is 9.16. The summed E-state index contributed by atoms with van der Waals surface area (Å²) in [6.45, 7) is 12.3. The first-order valence-electron chi connectivity index (χ1n) is 8.34. The van der Waals surface area contributed by atoms with Crippen molar-refractivity contribution in [2.24, 2.45) is 5.92 Å². The zero-order valence-corrected chi connectivity index (χ0v) is 15.3. The van der Waals surface area contributed by atoms with Crippen molar-refractivity contribution in [2.75, 3.05) is 11.9 Å². The lowest BCUT2D eigenvalue weighted by molar-refractivity contribution is 0.503. The van der Waals surface area contributed by atoms with E-state index in [0.717, 1.165) is 18.4 Å². The number of nitrogens with zero attached hydrogens (tertiary/aromatic N) is 2. The van der Waals surface area contributed by atoms with E-state index < -0.39 is 0 Å². The molecule has 1 saturated carbocycles. The molecule has 0 saturated heterocycles. The van der Waals surface area contributed by atoms with Crippen LogP contribution < -0.4 is 10.2 Å². The molecule has 2 rings (SSSR count). The highest BCUT2D eigenvalue weighted by Crippen LogP contribution is 2.44. The Morgan fingerprint density at radius 2 is 1.90 bits per heavy atom. The first kappa shape index (κ1) is 16.8. The van der Waals surface area contributed by atoms with Crippen molar-refractivity contribution in [3.63, 3.8) is 0 Å². The molecule has 1 N–H and O–H groups in total. The van der Waals surface area contributed by atoms with Gasteiger partial charge in [0.15, 0.2) is 5.13 Å². The molecule has 4 heteroatoms. The van der Waals surface area contributed by atoms with E-state index in [9.17, 15) is 0 Å². The second-order valence-corrected chi connectivity index (χ2v) is 8.27. The van der Waals surface area contributed by atoms with E-state index in [0.29, 0.717) is 12.1 Å². The molecule has 0 amide bonds. The van der Waals surface area contributed by atoms with Crippen LogP contribution in [0.4, 0.5) is 5.13 Å². The van der Waals surface area contributed by atoms with Gasteiger partial charge in [0.1, 0.15) is 0 Å². The van der Waals surface area contributed by atoms with E-state index in [-0.39, 0.29) is 0 Å². The van der Waals surface area contributed by atoms with Crippen molar-refractivity contribution in [3.05, 3.63) is 10.6 Å². The van der Waals surface area contributed by atoms with E-state index >= 15 is 0 Å². The van der Waals surface area contributed by atoms with E-state index in [1.165, 1.54) is 35.0 Å². The van der Waals surface area contributed by atoms with Gasteiger partial charge in [0.05, 0.1) is 5.69 Å². The number of rotatable bonds is 8. The third-order valence-electron chi connectivity index (χ3n) is 4.13. The van der Waals surface area contributed by atoms with Crippen LogP contribution in [0.15, 0.2) is 0 Å². The molecule has 1 aromatic rings. The van der Waals surface area contributed by atoms with Crippen LogP contribution in [0.2, 0.25) is 0 Å². The molecule has 120 valence electrons. The Labute approximate surface area is 134 Å². The van der Waals surface area contributed by atoms with Crippen molar-refractivity contribution < 1.29 is 0 Å². The van der Waals surface area contributed by atoms with Crippen LogP contribution in [0.25, 0.3) is 0 Å². The van der Waals surface area contributed by atoms with Gasteiger partial charge in [-0.05, 0) is 32.1 Å². The van der Waals surface area contributed by atoms with Crippen molar-refractivity contribution >= 4 is 16.5 Å². The average molecular weight is 310 g/mol. The van der Waals surface area contributed by atoms with Gasteiger partial charge in [-0.1, -0.05) is 27.7 Å². The summed E-state index contributed by atoms with van der Waals surface area (Å²) in [5.74, 6) is 1.46. The molecule has 21 heavy (non-hydrogen) atoms. The smallest absolute Gasteiger partial charge is 0.185 e. The van der Waals surface area contributed by atoms with Crippen LogP contribution >= 0.6 is 11.3 Å². The van der Waals surface area contributed by atoms with E-state index in [1.54, 1.807) is 0 Å². The maximum Gasteiger partial charge on any atom is 0.185 e. The highest BCUT2D eigenvalue weighted by molar-refractivity contribution is 7.15. The molecule has 0 bridgehead atoms. The topological polar surface area (TPSA) is 28.2 Å². The quantitative estimate of drug-likeness (QED) is 0.772. The lowest BCUT2D eigenvalue weighted by atomic mass is 10.0. The van der Waals surface area contributed by atoms with Gasteiger partial charge in [-0.25, -0.2) is 4.98 Å². The molecular weight excluding hydrogens is 278 g/mol.